The van der Waals surface area contributed by atoms with Crippen molar-refractivity contribution in [1.82, 2.24) is 25.3 Å². The minimum Gasteiger partial charge on any atom is -0.384 e. The molecule has 3 atom stereocenters. The molecule has 2 amide bonds. The Hall–Kier alpha value is -2.98. The fourth-order valence-electron chi connectivity index (χ4n) is 6.08. The Labute approximate surface area is 253 Å². The molecule has 1 aromatic carbocycles. The van der Waals surface area contributed by atoms with Crippen molar-refractivity contribution in [2.45, 2.75) is 96.8 Å². The van der Waals surface area contributed by atoms with Gasteiger partial charge in [-0.25, -0.2) is 4.79 Å². The summed E-state index contributed by atoms with van der Waals surface area (Å²) in [6.45, 7) is 7.39. The van der Waals surface area contributed by atoms with E-state index in [4.69, 9.17) is 4.42 Å². The van der Waals surface area contributed by atoms with Gasteiger partial charge in [0.2, 0.25) is 11.7 Å². The van der Waals surface area contributed by atoms with Crippen LogP contribution < -0.4 is 16.4 Å². The molecule has 3 fully saturated rings. The molecule has 1 saturated heterocycles. The molecule has 11 heteroatoms. The van der Waals surface area contributed by atoms with Gasteiger partial charge in [-0.2, -0.15) is 4.68 Å². The average Bonchev–Trinajstić information content (AvgIpc) is 3.48. The van der Waals surface area contributed by atoms with Crippen LogP contribution in [0.4, 0.5) is 0 Å². The predicted molar refractivity (Wildman–Crippen MR) is 161 cm³/mol. The monoisotopic (exact) mass is 601 g/mol. The molecule has 2 aliphatic carbocycles. The number of carbonyl (C=O) groups excluding carboxylic acids is 3. The van der Waals surface area contributed by atoms with Crippen molar-refractivity contribution in [2.75, 3.05) is 13.1 Å². The summed E-state index contributed by atoms with van der Waals surface area (Å²) in [5.74, 6) is -1.80. The van der Waals surface area contributed by atoms with Crippen molar-refractivity contribution in [1.29, 1.82) is 0 Å². The van der Waals surface area contributed by atoms with Crippen LogP contribution in [-0.2, 0) is 17.9 Å². The zero-order valence-electron chi connectivity index (χ0n) is 24.7. The van der Waals surface area contributed by atoms with E-state index >= 15 is 0 Å². The molecule has 5 rings (SSSR count). The summed E-state index contributed by atoms with van der Waals surface area (Å²) in [4.78, 5) is 54.9. The Morgan fingerprint density at radius 1 is 1.05 bits per heavy atom. The summed E-state index contributed by atoms with van der Waals surface area (Å²) in [6.07, 6.45) is 8.01. The van der Waals surface area contributed by atoms with E-state index in [0.29, 0.717) is 37.3 Å². The smallest absolute Gasteiger partial charge is 0.384 e. The third-order valence-electron chi connectivity index (χ3n) is 8.50. The molecule has 2 aromatic rings. The third-order valence-corrected chi connectivity index (χ3v) is 8.50. The number of hydrogen-bond acceptors (Lipinski definition) is 7. The number of amides is 2. The van der Waals surface area contributed by atoms with Crippen molar-refractivity contribution >= 4 is 30.0 Å². The van der Waals surface area contributed by atoms with Crippen molar-refractivity contribution in [3.05, 3.63) is 51.8 Å². The lowest BCUT2D eigenvalue weighted by Gasteiger charge is -2.32. The van der Waals surface area contributed by atoms with Gasteiger partial charge in [0.1, 0.15) is 0 Å². The van der Waals surface area contributed by atoms with E-state index in [1.807, 2.05) is 32.0 Å². The molecular weight excluding hydrogens is 558 g/mol. The number of rotatable bonds is 12. The van der Waals surface area contributed by atoms with Gasteiger partial charge in [0.15, 0.2) is 0 Å². The predicted octanol–water partition coefficient (Wildman–Crippen LogP) is 3.97. The minimum absolute atomic E-state index is 0. The van der Waals surface area contributed by atoms with Crippen LogP contribution in [0.25, 0.3) is 0 Å². The molecule has 42 heavy (non-hydrogen) atoms. The lowest BCUT2D eigenvalue weighted by molar-refractivity contribution is -0.127. The lowest BCUT2D eigenvalue weighted by atomic mass is 9.83. The molecule has 3 aliphatic rings. The quantitative estimate of drug-likeness (QED) is 0.353. The zero-order chi connectivity index (χ0) is 28.9. The number of benzene rings is 1. The van der Waals surface area contributed by atoms with Gasteiger partial charge in [0.05, 0.1) is 18.5 Å². The van der Waals surface area contributed by atoms with E-state index in [9.17, 15) is 19.2 Å². The number of carbonyl (C=O) groups is 3. The molecule has 0 bridgehead atoms. The number of hydrogen-bond donors (Lipinski definition) is 2. The number of Topliss-reactive ketones (excluding diaryl/α,β-unsaturated/α-hetero) is 1. The fraction of sp³-hybridized carbons (Fsp3) is 0.645. The lowest BCUT2D eigenvalue weighted by Crippen LogP contribution is -2.52. The van der Waals surface area contributed by atoms with Gasteiger partial charge in [-0.3, -0.25) is 19.3 Å². The average molecular weight is 602 g/mol. The summed E-state index contributed by atoms with van der Waals surface area (Å²) < 4.78 is 6.42. The van der Waals surface area contributed by atoms with Gasteiger partial charge in [-0.15, -0.1) is 17.5 Å². The van der Waals surface area contributed by atoms with Crippen molar-refractivity contribution in [2.24, 2.45) is 17.8 Å². The van der Waals surface area contributed by atoms with E-state index in [1.165, 1.54) is 17.5 Å². The van der Waals surface area contributed by atoms with Crippen molar-refractivity contribution in [3.63, 3.8) is 0 Å². The maximum atomic E-state index is 13.6. The number of halogens is 1. The van der Waals surface area contributed by atoms with E-state index < -0.39 is 23.5 Å². The summed E-state index contributed by atoms with van der Waals surface area (Å²) >= 11 is 0. The highest BCUT2D eigenvalue weighted by Crippen LogP contribution is 2.30. The molecule has 0 radical (unpaired) electrons. The zero-order valence-corrected chi connectivity index (χ0v) is 25.5. The second kappa shape index (κ2) is 14.5. The SMILES string of the molecule is CC(C)C[C@H](NC(=O)[C@@H]1CCCC[C@@H]1NC(=O)c1cccc(CN2CCCC2)c1)C(=O)c1nn(CC2CC2)c(=O)o1.Cl. The van der Waals surface area contributed by atoms with Crippen LogP contribution >= 0.6 is 12.4 Å². The first-order valence-corrected chi connectivity index (χ1v) is 15.3. The molecule has 2 saturated carbocycles. The van der Waals surface area contributed by atoms with Crippen molar-refractivity contribution in [3.8, 4) is 0 Å². The van der Waals surface area contributed by atoms with E-state index in [2.05, 4.69) is 26.7 Å². The largest absolute Gasteiger partial charge is 0.437 e. The first kappa shape index (κ1) is 31.9. The number of nitrogens with one attached hydrogen (secondary N) is 2. The van der Waals surface area contributed by atoms with Gasteiger partial charge in [-0.05, 0) is 87.6 Å². The molecule has 0 spiro atoms. The highest BCUT2D eigenvalue weighted by Gasteiger charge is 2.36. The molecular formula is C31H44ClN5O5. The van der Waals surface area contributed by atoms with Crippen LogP contribution in [0.2, 0.25) is 0 Å². The number of ketones is 1. The molecule has 1 aromatic heterocycles. The maximum Gasteiger partial charge on any atom is 0.437 e. The Morgan fingerprint density at radius 3 is 2.50 bits per heavy atom. The molecule has 2 heterocycles. The Morgan fingerprint density at radius 2 is 1.79 bits per heavy atom. The highest BCUT2D eigenvalue weighted by molar-refractivity contribution is 5.99. The summed E-state index contributed by atoms with van der Waals surface area (Å²) in [7, 11) is 0. The molecule has 230 valence electrons. The van der Waals surface area contributed by atoms with Gasteiger partial charge >= 0.3 is 5.76 Å². The van der Waals surface area contributed by atoms with E-state index in [0.717, 1.165) is 50.9 Å². The van der Waals surface area contributed by atoms with Gasteiger partial charge < -0.3 is 15.1 Å². The number of aromatic nitrogens is 2. The summed E-state index contributed by atoms with van der Waals surface area (Å²) in [5, 5.41) is 10.2. The fourth-order valence-corrected chi connectivity index (χ4v) is 6.08. The molecule has 2 N–H and O–H groups in total. The number of likely N-dealkylation sites (tertiary alicyclic amines) is 1. The Bertz CT molecular complexity index is 1300. The second-order valence-electron chi connectivity index (χ2n) is 12.5. The first-order valence-electron chi connectivity index (χ1n) is 15.3. The number of nitrogens with zero attached hydrogens (tertiary/aromatic N) is 3. The Balaban J connectivity index is 0.00000405. The summed E-state index contributed by atoms with van der Waals surface area (Å²) in [5.41, 5.74) is 1.70. The summed E-state index contributed by atoms with van der Waals surface area (Å²) in [6, 6.07) is 6.53. The van der Waals surface area contributed by atoms with Gasteiger partial charge in [0, 0.05) is 18.2 Å². The maximum absolute atomic E-state index is 13.6. The van der Waals surface area contributed by atoms with Crippen molar-refractivity contribution < 1.29 is 18.8 Å². The van der Waals surface area contributed by atoms with Crippen LogP contribution in [0.15, 0.2) is 33.5 Å². The molecule has 0 unspecified atom stereocenters. The van der Waals surface area contributed by atoms with Gasteiger partial charge in [0.25, 0.3) is 11.8 Å². The van der Waals surface area contributed by atoms with Crippen LogP contribution in [0.5, 0.6) is 0 Å². The topological polar surface area (TPSA) is 127 Å². The van der Waals surface area contributed by atoms with Crippen LogP contribution in [0.1, 0.15) is 98.2 Å². The minimum atomic E-state index is -0.865. The highest BCUT2D eigenvalue weighted by atomic mass is 35.5. The first-order chi connectivity index (χ1) is 19.8. The van der Waals surface area contributed by atoms with E-state index in [-0.39, 0.29) is 42.1 Å². The standard InChI is InChI=1S/C31H43N5O5.ClH/c1-20(2)16-26(27(37)30-34-36(31(40)41-30)19-21-12-13-21)33-29(39)24-10-3-4-11-25(24)32-28(38)23-9-7-8-22(17-23)18-35-14-5-6-15-35;/h7-9,17,20-21,24-26H,3-6,10-16,18-19H2,1-2H3,(H,32,38)(H,33,39);1H/t24-,25+,26+;/m1./s1. The molecule has 10 nitrogen and oxygen atoms in total. The van der Waals surface area contributed by atoms with Crippen LogP contribution in [0, 0.1) is 17.8 Å². The molecule has 1 aliphatic heterocycles. The normalized spacial score (nSPS) is 21.5. The van der Waals surface area contributed by atoms with Crippen LogP contribution in [-0.4, -0.2) is 57.5 Å². The third kappa shape index (κ3) is 8.31. The second-order valence-corrected chi connectivity index (χ2v) is 12.5. The van der Waals surface area contributed by atoms with Gasteiger partial charge in [-0.1, -0.05) is 38.8 Å². The van der Waals surface area contributed by atoms with E-state index in [1.54, 1.807) is 0 Å². The van der Waals surface area contributed by atoms with Crippen LogP contribution in [0.3, 0.4) is 0 Å². The Kier molecular flexibility index (Phi) is 11.0.